The van der Waals surface area contributed by atoms with Crippen molar-refractivity contribution in [1.29, 1.82) is 0 Å². The quantitative estimate of drug-likeness (QED) is 0.508. The van der Waals surface area contributed by atoms with Crippen molar-refractivity contribution in [2.75, 3.05) is 13.2 Å². The van der Waals surface area contributed by atoms with Crippen molar-refractivity contribution >= 4 is 16.8 Å². The minimum Gasteiger partial charge on any atom is -0.381 e. The van der Waals surface area contributed by atoms with Crippen LogP contribution in [0, 0.1) is 17.8 Å². The van der Waals surface area contributed by atoms with Crippen LogP contribution in [-0.2, 0) is 9.53 Å². The first-order chi connectivity index (χ1) is 4.30. The second kappa shape index (κ2) is 1.70. The van der Waals surface area contributed by atoms with Gasteiger partial charge in [0.05, 0.1) is 13.2 Å². The van der Waals surface area contributed by atoms with Crippen LogP contribution in [0.5, 0.6) is 0 Å². The number of fused-ring (bicyclic) bond motifs is 1. The zero-order chi connectivity index (χ0) is 6.43. The highest BCUT2D eigenvalue weighted by Crippen LogP contribution is 2.51. The van der Waals surface area contributed by atoms with Gasteiger partial charge in [0.1, 0.15) is 0 Å². The summed E-state index contributed by atoms with van der Waals surface area (Å²) in [6.07, 6.45) is 0. The van der Waals surface area contributed by atoms with Crippen LogP contribution in [-0.4, -0.2) is 18.5 Å². The Morgan fingerprint density at radius 3 is 2.33 bits per heavy atom. The molecule has 2 fully saturated rings. The highest BCUT2D eigenvalue weighted by molar-refractivity contribution is 6.64. The Labute approximate surface area is 58.1 Å². The molecule has 0 aromatic rings. The highest BCUT2D eigenvalue weighted by atomic mass is 35.5. The molecule has 1 saturated heterocycles. The van der Waals surface area contributed by atoms with Gasteiger partial charge in [-0.2, -0.15) is 0 Å². The maximum absolute atomic E-state index is 10.5. The summed E-state index contributed by atoms with van der Waals surface area (Å²) in [7, 11) is 0. The van der Waals surface area contributed by atoms with Crippen molar-refractivity contribution in [3.63, 3.8) is 0 Å². The second-order valence-corrected chi connectivity index (χ2v) is 3.07. The lowest BCUT2D eigenvalue weighted by Crippen LogP contribution is -2.02. The topological polar surface area (TPSA) is 26.3 Å². The average Bonchev–Trinajstić information content (AvgIpc) is 2.30. The van der Waals surface area contributed by atoms with Gasteiger partial charge >= 0.3 is 0 Å². The molecule has 50 valence electrons. The number of carbonyl (C=O) groups excluding carboxylic acids is 1. The molecule has 0 amide bonds. The van der Waals surface area contributed by atoms with Crippen LogP contribution in [0.25, 0.3) is 0 Å². The molecule has 0 aromatic heterocycles. The van der Waals surface area contributed by atoms with E-state index in [-0.39, 0.29) is 11.2 Å². The summed E-state index contributed by atoms with van der Waals surface area (Å²) in [6.45, 7) is 1.49. The Morgan fingerprint density at radius 1 is 1.44 bits per heavy atom. The fraction of sp³-hybridized carbons (Fsp3) is 0.833. The van der Waals surface area contributed by atoms with Crippen molar-refractivity contribution in [3.05, 3.63) is 0 Å². The molecular weight excluding hydrogens is 140 g/mol. The fourth-order valence-corrected chi connectivity index (χ4v) is 1.90. The van der Waals surface area contributed by atoms with Gasteiger partial charge in [0.2, 0.25) is 5.24 Å². The van der Waals surface area contributed by atoms with E-state index in [4.69, 9.17) is 16.3 Å². The number of rotatable bonds is 1. The largest absolute Gasteiger partial charge is 0.381 e. The number of hydrogen-bond donors (Lipinski definition) is 0. The van der Waals surface area contributed by atoms with E-state index in [0.717, 1.165) is 13.2 Å². The van der Waals surface area contributed by atoms with E-state index < -0.39 is 0 Å². The van der Waals surface area contributed by atoms with Gasteiger partial charge in [-0.1, -0.05) is 0 Å². The Morgan fingerprint density at radius 2 is 2.00 bits per heavy atom. The van der Waals surface area contributed by atoms with E-state index >= 15 is 0 Å². The van der Waals surface area contributed by atoms with E-state index in [0.29, 0.717) is 11.8 Å². The third kappa shape index (κ3) is 0.700. The molecule has 3 heteroatoms. The van der Waals surface area contributed by atoms with Crippen molar-refractivity contribution in [2.24, 2.45) is 17.8 Å². The van der Waals surface area contributed by atoms with Crippen LogP contribution in [0.1, 0.15) is 0 Å². The van der Waals surface area contributed by atoms with E-state index in [2.05, 4.69) is 0 Å². The fourth-order valence-electron chi connectivity index (χ4n) is 1.58. The monoisotopic (exact) mass is 146 g/mol. The van der Waals surface area contributed by atoms with E-state index in [1.165, 1.54) is 0 Å². The smallest absolute Gasteiger partial charge is 0.225 e. The summed E-state index contributed by atoms with van der Waals surface area (Å²) < 4.78 is 5.08. The molecule has 2 rings (SSSR count). The molecule has 0 bridgehead atoms. The van der Waals surface area contributed by atoms with Crippen molar-refractivity contribution in [2.45, 2.75) is 0 Å². The zero-order valence-electron chi connectivity index (χ0n) is 4.84. The second-order valence-electron chi connectivity index (χ2n) is 2.70. The van der Waals surface area contributed by atoms with Crippen LogP contribution < -0.4 is 0 Å². The Kier molecular flexibility index (Phi) is 1.08. The van der Waals surface area contributed by atoms with Gasteiger partial charge in [-0.15, -0.1) is 0 Å². The SMILES string of the molecule is O=C(Cl)C1[C@H]2COC[C@@H]12. The molecular formula is C6H7ClO2. The van der Waals surface area contributed by atoms with Crippen molar-refractivity contribution in [1.82, 2.24) is 0 Å². The van der Waals surface area contributed by atoms with Crippen LogP contribution in [0.3, 0.4) is 0 Å². The van der Waals surface area contributed by atoms with Crippen LogP contribution >= 0.6 is 11.6 Å². The van der Waals surface area contributed by atoms with E-state index in [1.807, 2.05) is 0 Å². The molecule has 1 unspecified atom stereocenters. The summed E-state index contributed by atoms with van der Waals surface area (Å²) in [6, 6.07) is 0. The van der Waals surface area contributed by atoms with Gasteiger partial charge in [0, 0.05) is 5.92 Å². The predicted molar refractivity (Wildman–Crippen MR) is 32.1 cm³/mol. The van der Waals surface area contributed by atoms with Crippen LogP contribution in [0.2, 0.25) is 0 Å². The van der Waals surface area contributed by atoms with Crippen LogP contribution in [0.15, 0.2) is 0 Å². The number of ether oxygens (including phenoxy) is 1. The first kappa shape index (κ1) is 5.69. The molecule has 2 nitrogen and oxygen atoms in total. The Balaban J connectivity index is 2.02. The van der Waals surface area contributed by atoms with Crippen molar-refractivity contribution in [3.8, 4) is 0 Å². The summed E-state index contributed by atoms with van der Waals surface area (Å²) in [4.78, 5) is 10.5. The molecule has 1 aliphatic carbocycles. The maximum Gasteiger partial charge on any atom is 0.225 e. The van der Waals surface area contributed by atoms with Gasteiger partial charge in [0.25, 0.3) is 0 Å². The predicted octanol–water partition coefficient (Wildman–Crippen LogP) is 0.644. The molecule has 9 heavy (non-hydrogen) atoms. The molecule has 0 spiro atoms. The minimum absolute atomic E-state index is 0.139. The molecule has 0 N–H and O–H groups in total. The first-order valence-electron chi connectivity index (χ1n) is 3.08. The summed E-state index contributed by atoms with van der Waals surface area (Å²) in [5.41, 5.74) is 0. The number of carbonyl (C=O) groups is 1. The molecule has 1 heterocycles. The average molecular weight is 147 g/mol. The number of hydrogen-bond acceptors (Lipinski definition) is 2. The lowest BCUT2D eigenvalue weighted by molar-refractivity contribution is -0.113. The number of halogens is 1. The molecule has 1 aliphatic heterocycles. The highest BCUT2D eigenvalue weighted by Gasteiger charge is 2.57. The minimum atomic E-state index is -0.173. The lowest BCUT2D eigenvalue weighted by atomic mass is 10.3. The molecule has 3 atom stereocenters. The van der Waals surface area contributed by atoms with E-state index in [9.17, 15) is 4.79 Å². The molecule has 0 aromatic carbocycles. The van der Waals surface area contributed by atoms with Gasteiger partial charge in [-0.25, -0.2) is 0 Å². The van der Waals surface area contributed by atoms with Gasteiger partial charge in [-0.05, 0) is 23.4 Å². The normalized spacial score (nSPS) is 46.6. The van der Waals surface area contributed by atoms with E-state index in [1.54, 1.807) is 0 Å². The van der Waals surface area contributed by atoms with Gasteiger partial charge in [-0.3, -0.25) is 4.79 Å². The molecule has 0 radical (unpaired) electrons. The van der Waals surface area contributed by atoms with Gasteiger partial charge in [0.15, 0.2) is 0 Å². The lowest BCUT2D eigenvalue weighted by Gasteiger charge is -1.95. The zero-order valence-corrected chi connectivity index (χ0v) is 5.60. The Hall–Kier alpha value is -0.0800. The van der Waals surface area contributed by atoms with Crippen LogP contribution in [0.4, 0.5) is 0 Å². The first-order valence-corrected chi connectivity index (χ1v) is 3.45. The van der Waals surface area contributed by atoms with Gasteiger partial charge < -0.3 is 4.74 Å². The standard InChI is InChI=1S/C6H7ClO2/c7-6(8)5-3-1-9-2-4(3)5/h3-5H,1-2H2/t3-,4+,5?. The third-order valence-electron chi connectivity index (χ3n) is 2.21. The summed E-state index contributed by atoms with van der Waals surface area (Å²) >= 11 is 5.28. The van der Waals surface area contributed by atoms with Crippen molar-refractivity contribution < 1.29 is 9.53 Å². The molecule has 1 saturated carbocycles. The summed E-state index contributed by atoms with van der Waals surface area (Å²) in [5.74, 6) is 1.07. The summed E-state index contributed by atoms with van der Waals surface area (Å²) in [5, 5.41) is -0.173. The Bertz CT molecular complexity index is 147. The third-order valence-corrected chi connectivity index (χ3v) is 2.47. The molecule has 2 aliphatic rings. The maximum atomic E-state index is 10.5.